The van der Waals surface area contributed by atoms with Crippen LogP contribution in [-0.4, -0.2) is 73.3 Å². The number of rotatable bonds is 7. The number of carbonyl (C=O) groups is 2. The fourth-order valence-corrected chi connectivity index (χ4v) is 5.52. The summed E-state index contributed by atoms with van der Waals surface area (Å²) in [4.78, 5) is 25.9. The quantitative estimate of drug-likeness (QED) is 0.356. The molecule has 3 heterocycles. The van der Waals surface area contributed by atoms with Gasteiger partial charge in [0.2, 0.25) is 0 Å². The first-order valence-electron chi connectivity index (χ1n) is 14.0. The molecule has 0 bridgehead atoms. The predicted octanol–water partition coefficient (Wildman–Crippen LogP) is 3.49. The Bertz CT molecular complexity index is 1430. The second-order valence-corrected chi connectivity index (χ2v) is 12.0. The number of morpholine rings is 1. The molecule has 0 unspecified atom stereocenters. The minimum atomic E-state index is -4.73. The van der Waals surface area contributed by atoms with Crippen LogP contribution >= 0.6 is 0 Å². The van der Waals surface area contributed by atoms with E-state index in [0.717, 1.165) is 15.9 Å². The molecule has 0 saturated carbocycles. The lowest BCUT2D eigenvalue weighted by Crippen LogP contribution is -2.53. The Morgan fingerprint density at radius 1 is 1.05 bits per heavy atom. The molecule has 1 amide bonds. The fraction of sp³-hybridized carbons (Fsp3) is 0.517. The number of ether oxygens (including phenoxy) is 2. The molecule has 2 fully saturated rings. The fourth-order valence-electron chi connectivity index (χ4n) is 5.52. The maximum absolute atomic E-state index is 15.1. The predicted molar refractivity (Wildman–Crippen MR) is 148 cm³/mol. The maximum atomic E-state index is 15.1. The van der Waals surface area contributed by atoms with Gasteiger partial charge in [0, 0.05) is 18.7 Å². The van der Waals surface area contributed by atoms with Gasteiger partial charge in [-0.25, -0.2) is 13.6 Å². The smallest absolute Gasteiger partial charge is 0.480 e. The number of amides is 1. The number of carboxylic acids is 1. The molecular formula is C29H32BF5N2O7. The number of carbonyl (C=O) groups excluding carboxylic acids is 1. The van der Waals surface area contributed by atoms with Crippen LogP contribution in [0, 0.1) is 11.6 Å². The molecule has 238 valence electrons. The van der Waals surface area contributed by atoms with Crippen LogP contribution in [0.5, 0.6) is 0 Å². The van der Waals surface area contributed by atoms with Crippen molar-refractivity contribution in [3.8, 4) is 0 Å². The molecule has 0 aliphatic carbocycles. The van der Waals surface area contributed by atoms with Gasteiger partial charge in [0.15, 0.2) is 0 Å². The lowest BCUT2D eigenvalue weighted by molar-refractivity contribution is -0.167. The summed E-state index contributed by atoms with van der Waals surface area (Å²) >= 11 is 0. The number of benzene rings is 2. The van der Waals surface area contributed by atoms with Gasteiger partial charge in [-0.3, -0.25) is 4.79 Å². The molecule has 2 saturated heterocycles. The van der Waals surface area contributed by atoms with Crippen LogP contribution < -0.4 is 15.7 Å². The SMILES string of the molecule is CC1(C)OB(c2ccc(C[C@H](NC(=O)c3c(F)cc(N4CCOC[C@@H]4C(F)(F)F)cc3F)C(=O)O)c3c2COC3)OC1(C)C. The highest BCUT2D eigenvalue weighted by Gasteiger charge is 2.52. The third-order valence-electron chi connectivity index (χ3n) is 8.68. The zero-order chi connectivity index (χ0) is 32.2. The first kappa shape index (κ1) is 32.1. The van der Waals surface area contributed by atoms with Crippen LogP contribution in [0.15, 0.2) is 24.3 Å². The highest BCUT2D eigenvalue weighted by atomic mass is 19.4. The molecule has 2 N–H and O–H groups in total. The van der Waals surface area contributed by atoms with Crippen LogP contribution in [0.4, 0.5) is 27.6 Å². The number of nitrogens with zero attached hydrogens (tertiary/aromatic N) is 1. The highest BCUT2D eigenvalue weighted by Crippen LogP contribution is 2.38. The number of carboxylic acid groups (broad SMARTS) is 1. The van der Waals surface area contributed by atoms with E-state index < -0.39 is 77.9 Å². The number of hydrogen-bond donors (Lipinski definition) is 2. The Hall–Kier alpha value is -3.27. The molecule has 5 rings (SSSR count). The van der Waals surface area contributed by atoms with Gasteiger partial charge in [-0.15, -0.1) is 0 Å². The van der Waals surface area contributed by atoms with Crippen LogP contribution in [0.1, 0.15) is 54.7 Å². The molecular weight excluding hydrogens is 594 g/mol. The molecule has 15 heteroatoms. The van der Waals surface area contributed by atoms with Crippen molar-refractivity contribution in [1.29, 1.82) is 0 Å². The van der Waals surface area contributed by atoms with Gasteiger partial charge < -0.3 is 34.1 Å². The molecule has 2 aromatic rings. The third-order valence-corrected chi connectivity index (χ3v) is 8.68. The summed E-state index contributed by atoms with van der Waals surface area (Å²) in [6.07, 6.45) is -4.97. The second-order valence-electron chi connectivity index (χ2n) is 12.0. The molecule has 0 aromatic heterocycles. The van der Waals surface area contributed by atoms with E-state index in [9.17, 15) is 27.9 Å². The number of fused-ring (bicyclic) bond motifs is 1. The van der Waals surface area contributed by atoms with Gasteiger partial charge in [0.05, 0.1) is 37.6 Å². The average Bonchev–Trinajstić information content (AvgIpc) is 3.49. The molecule has 9 nitrogen and oxygen atoms in total. The Morgan fingerprint density at radius 2 is 1.66 bits per heavy atom. The standard InChI is InChI=1S/C29H32BF5N2O7/c1-27(2)28(3,4)44-30(43-27)19-6-5-15(17-12-42-13-18(17)19)9-22(26(39)40)36-25(38)24-20(31)10-16(11-21(24)32)37-7-8-41-14-23(37)29(33,34)35/h5-6,10-11,22-23H,7-9,12-14H2,1-4H3,(H,36,38)(H,39,40)/t22-,23+/m0/s1. The van der Waals surface area contributed by atoms with Crippen molar-refractivity contribution in [3.05, 3.63) is 58.2 Å². The molecule has 3 aliphatic heterocycles. The van der Waals surface area contributed by atoms with E-state index in [-0.39, 0.29) is 32.8 Å². The first-order valence-corrected chi connectivity index (χ1v) is 14.0. The van der Waals surface area contributed by atoms with Crippen LogP contribution in [0.25, 0.3) is 0 Å². The number of nitrogens with one attached hydrogen (secondary N) is 1. The van der Waals surface area contributed by atoms with Crippen LogP contribution in [0.3, 0.4) is 0 Å². The highest BCUT2D eigenvalue weighted by molar-refractivity contribution is 6.62. The molecule has 2 atom stereocenters. The molecule has 3 aliphatic rings. The largest absolute Gasteiger partial charge is 0.495 e. The lowest BCUT2D eigenvalue weighted by Gasteiger charge is -2.38. The van der Waals surface area contributed by atoms with E-state index in [0.29, 0.717) is 23.3 Å². The number of alkyl halides is 3. The lowest BCUT2D eigenvalue weighted by atomic mass is 9.74. The van der Waals surface area contributed by atoms with Crippen molar-refractivity contribution < 1.29 is 55.4 Å². The van der Waals surface area contributed by atoms with Gasteiger partial charge >= 0.3 is 19.3 Å². The summed E-state index contributed by atoms with van der Waals surface area (Å²) < 4.78 is 93.4. The summed E-state index contributed by atoms with van der Waals surface area (Å²) in [5, 5.41) is 12.0. The second kappa shape index (κ2) is 11.6. The van der Waals surface area contributed by atoms with E-state index in [1.54, 1.807) is 12.1 Å². The summed E-state index contributed by atoms with van der Waals surface area (Å²) in [5.41, 5.74) is 0.0172. The van der Waals surface area contributed by atoms with E-state index in [2.05, 4.69) is 5.32 Å². The number of halogens is 5. The summed E-state index contributed by atoms with van der Waals surface area (Å²) in [6, 6.07) is 0.928. The minimum absolute atomic E-state index is 0.0925. The topological polar surface area (TPSA) is 107 Å². The number of aliphatic carboxylic acids is 1. The van der Waals surface area contributed by atoms with Gasteiger partial charge in [-0.05, 0) is 62.0 Å². The Balaban J connectivity index is 1.36. The summed E-state index contributed by atoms with van der Waals surface area (Å²) in [5.74, 6) is -5.69. The monoisotopic (exact) mass is 626 g/mol. The average molecular weight is 626 g/mol. The van der Waals surface area contributed by atoms with E-state index in [1.807, 2.05) is 27.7 Å². The Labute approximate surface area is 250 Å². The minimum Gasteiger partial charge on any atom is -0.480 e. The van der Waals surface area contributed by atoms with Crippen molar-refractivity contribution in [3.63, 3.8) is 0 Å². The summed E-state index contributed by atoms with van der Waals surface area (Å²) in [6.45, 7) is 6.97. The van der Waals surface area contributed by atoms with Crippen LogP contribution in [0.2, 0.25) is 0 Å². The Morgan fingerprint density at radius 3 is 2.25 bits per heavy atom. The molecule has 0 spiro atoms. The number of anilines is 1. The van der Waals surface area contributed by atoms with Crippen molar-refractivity contribution in [2.45, 2.75) is 76.8 Å². The zero-order valence-corrected chi connectivity index (χ0v) is 24.5. The van der Waals surface area contributed by atoms with E-state index >= 15 is 8.78 Å². The first-order chi connectivity index (χ1) is 20.5. The van der Waals surface area contributed by atoms with E-state index in [1.165, 1.54) is 0 Å². The maximum Gasteiger partial charge on any atom is 0.495 e. The van der Waals surface area contributed by atoms with Gasteiger partial charge in [0.1, 0.15) is 29.3 Å². The normalized spacial score (nSPS) is 21.7. The van der Waals surface area contributed by atoms with Crippen molar-refractivity contribution in [1.82, 2.24) is 5.32 Å². The number of hydrogen-bond acceptors (Lipinski definition) is 7. The third kappa shape index (κ3) is 6.02. The summed E-state index contributed by atoms with van der Waals surface area (Å²) in [7, 11) is -0.683. The molecule has 0 radical (unpaired) electrons. The Kier molecular flexibility index (Phi) is 8.46. The van der Waals surface area contributed by atoms with Gasteiger partial charge in [-0.2, -0.15) is 13.2 Å². The van der Waals surface area contributed by atoms with Crippen molar-refractivity contribution in [2.75, 3.05) is 24.7 Å². The van der Waals surface area contributed by atoms with Crippen LogP contribution in [-0.2, 0) is 43.2 Å². The zero-order valence-electron chi connectivity index (χ0n) is 24.5. The van der Waals surface area contributed by atoms with Gasteiger partial charge in [-0.1, -0.05) is 12.1 Å². The molecule has 2 aromatic carbocycles. The van der Waals surface area contributed by atoms with Crippen molar-refractivity contribution in [2.24, 2.45) is 0 Å². The molecule has 44 heavy (non-hydrogen) atoms. The van der Waals surface area contributed by atoms with Gasteiger partial charge in [0.25, 0.3) is 5.91 Å². The van der Waals surface area contributed by atoms with E-state index in [4.69, 9.17) is 18.8 Å². The van der Waals surface area contributed by atoms with Crippen molar-refractivity contribution >= 4 is 30.1 Å².